The molecular weight excluding hydrogens is 342 g/mol. The number of carbonyl (C=O) groups excluding carboxylic acids is 1. The number of nitrogens with zero attached hydrogens (tertiary/aromatic N) is 2. The highest BCUT2D eigenvalue weighted by Gasteiger charge is 2.27. The highest BCUT2D eigenvalue weighted by molar-refractivity contribution is 5.85. The molecule has 1 aromatic rings. The van der Waals surface area contributed by atoms with Crippen LogP contribution in [0.5, 0.6) is 11.5 Å². The van der Waals surface area contributed by atoms with Gasteiger partial charge in [-0.3, -0.25) is 9.69 Å². The number of rotatable bonds is 5. The van der Waals surface area contributed by atoms with E-state index in [2.05, 4.69) is 10.2 Å². The maximum absolute atomic E-state index is 12.6. The molecule has 0 saturated carbocycles. The number of hydrogen-bond acceptors (Lipinski definition) is 5. The number of nitrogens with one attached hydrogen (secondary N) is 1. The van der Waals surface area contributed by atoms with E-state index in [1.807, 2.05) is 23.1 Å². The highest BCUT2D eigenvalue weighted by Crippen LogP contribution is 2.28. The Bertz CT molecular complexity index is 571. The molecule has 0 spiro atoms. The van der Waals surface area contributed by atoms with Crippen LogP contribution in [0.3, 0.4) is 0 Å². The van der Waals surface area contributed by atoms with E-state index in [-0.39, 0.29) is 18.3 Å². The number of benzene rings is 1. The molecule has 1 unspecified atom stereocenters. The third-order valence-electron chi connectivity index (χ3n) is 5.02. The summed E-state index contributed by atoms with van der Waals surface area (Å²) in [4.78, 5) is 17.1. The Morgan fingerprint density at radius 1 is 1.16 bits per heavy atom. The van der Waals surface area contributed by atoms with Gasteiger partial charge in [0.2, 0.25) is 5.91 Å². The van der Waals surface area contributed by atoms with Crippen molar-refractivity contribution < 1.29 is 14.3 Å². The molecule has 0 aliphatic carbocycles. The third-order valence-corrected chi connectivity index (χ3v) is 5.02. The van der Waals surface area contributed by atoms with Crippen LogP contribution in [-0.2, 0) is 11.2 Å². The lowest BCUT2D eigenvalue weighted by atomic mass is 10.1. The normalized spacial score (nSPS) is 20.9. The van der Waals surface area contributed by atoms with Gasteiger partial charge in [0.15, 0.2) is 11.5 Å². The lowest BCUT2D eigenvalue weighted by Gasteiger charge is -2.37. The number of piperazine rings is 1. The summed E-state index contributed by atoms with van der Waals surface area (Å²) in [5, 5.41) is 3.41. The van der Waals surface area contributed by atoms with Crippen molar-refractivity contribution in [3.63, 3.8) is 0 Å². The van der Waals surface area contributed by atoms with Crippen molar-refractivity contribution in [3.05, 3.63) is 23.8 Å². The average Bonchev–Trinajstić information content (AvgIpc) is 3.16. The molecule has 7 heteroatoms. The van der Waals surface area contributed by atoms with E-state index in [9.17, 15) is 4.79 Å². The van der Waals surface area contributed by atoms with Gasteiger partial charge in [0.1, 0.15) is 0 Å². The van der Waals surface area contributed by atoms with Crippen molar-refractivity contribution in [2.45, 2.75) is 18.9 Å². The summed E-state index contributed by atoms with van der Waals surface area (Å²) in [6, 6.07) is 6.32. The van der Waals surface area contributed by atoms with E-state index < -0.39 is 0 Å². The molecule has 2 saturated heterocycles. The van der Waals surface area contributed by atoms with Gasteiger partial charge >= 0.3 is 0 Å². The minimum atomic E-state index is 0. The zero-order valence-electron chi connectivity index (χ0n) is 15.0. The lowest BCUT2D eigenvalue weighted by molar-refractivity contribution is -0.132. The van der Waals surface area contributed by atoms with Crippen LogP contribution in [0.2, 0.25) is 0 Å². The minimum absolute atomic E-state index is 0. The largest absolute Gasteiger partial charge is 0.493 e. The maximum atomic E-state index is 12.6. The van der Waals surface area contributed by atoms with E-state index >= 15 is 0 Å². The second-order valence-corrected chi connectivity index (χ2v) is 6.43. The Morgan fingerprint density at radius 3 is 2.48 bits per heavy atom. The zero-order valence-corrected chi connectivity index (χ0v) is 15.8. The van der Waals surface area contributed by atoms with Crippen LogP contribution in [0.4, 0.5) is 0 Å². The van der Waals surface area contributed by atoms with Crippen molar-refractivity contribution >= 4 is 18.3 Å². The lowest BCUT2D eigenvalue weighted by Crippen LogP contribution is -2.52. The Morgan fingerprint density at radius 2 is 1.88 bits per heavy atom. The van der Waals surface area contributed by atoms with Gasteiger partial charge in [0, 0.05) is 38.8 Å². The van der Waals surface area contributed by atoms with Crippen molar-refractivity contribution in [1.29, 1.82) is 0 Å². The Hall–Kier alpha value is -1.50. The minimum Gasteiger partial charge on any atom is -0.493 e. The van der Waals surface area contributed by atoms with Gasteiger partial charge in [0.05, 0.1) is 20.6 Å². The molecular formula is C18H28ClN3O3. The maximum Gasteiger partial charge on any atom is 0.227 e. The first-order valence-electron chi connectivity index (χ1n) is 8.64. The standard InChI is InChI=1S/C18H27N3O3.ClH/c1-23-16-4-3-14(11-17(16)24-2)12-18(22)21-9-7-20(8-10-21)15-5-6-19-13-15;/h3-4,11,15,19H,5-10,12-13H2,1-2H3;1H. The molecule has 2 heterocycles. The fraction of sp³-hybridized carbons (Fsp3) is 0.611. The molecule has 1 atom stereocenters. The summed E-state index contributed by atoms with van der Waals surface area (Å²) in [6.45, 7) is 5.79. The SMILES string of the molecule is COc1ccc(CC(=O)N2CCN(C3CCNC3)CC2)cc1OC.Cl. The van der Waals surface area contributed by atoms with Gasteiger partial charge in [0.25, 0.3) is 0 Å². The van der Waals surface area contributed by atoms with Crippen molar-refractivity contribution in [1.82, 2.24) is 15.1 Å². The third kappa shape index (κ3) is 4.77. The molecule has 1 aromatic carbocycles. The van der Waals surface area contributed by atoms with Crippen molar-refractivity contribution in [2.24, 2.45) is 0 Å². The van der Waals surface area contributed by atoms with Gasteiger partial charge in [-0.25, -0.2) is 0 Å². The van der Waals surface area contributed by atoms with Crippen LogP contribution in [-0.4, -0.2) is 75.2 Å². The van der Waals surface area contributed by atoms with Crippen LogP contribution in [0.15, 0.2) is 18.2 Å². The number of hydrogen-bond donors (Lipinski definition) is 1. The number of halogens is 1. The summed E-state index contributed by atoms with van der Waals surface area (Å²) in [7, 11) is 3.22. The number of methoxy groups -OCH3 is 2. The van der Waals surface area contributed by atoms with Crippen LogP contribution < -0.4 is 14.8 Å². The quantitative estimate of drug-likeness (QED) is 0.844. The molecule has 6 nitrogen and oxygen atoms in total. The van der Waals surface area contributed by atoms with Gasteiger partial charge in [-0.15, -0.1) is 12.4 Å². The fourth-order valence-corrected chi connectivity index (χ4v) is 3.56. The van der Waals surface area contributed by atoms with E-state index in [1.54, 1.807) is 14.2 Å². The molecule has 0 radical (unpaired) electrons. The molecule has 1 amide bonds. The summed E-state index contributed by atoms with van der Waals surface area (Å²) < 4.78 is 10.6. The number of amides is 1. The number of carbonyl (C=O) groups is 1. The van der Waals surface area contributed by atoms with Crippen LogP contribution in [0, 0.1) is 0 Å². The molecule has 3 rings (SSSR count). The van der Waals surface area contributed by atoms with Gasteiger partial charge in [-0.1, -0.05) is 6.07 Å². The van der Waals surface area contributed by atoms with Gasteiger partial charge in [-0.05, 0) is 30.7 Å². The molecule has 0 bridgehead atoms. The Labute approximate surface area is 155 Å². The molecule has 2 aliphatic heterocycles. The molecule has 1 N–H and O–H groups in total. The Balaban J connectivity index is 0.00000225. The summed E-state index contributed by atoms with van der Waals surface area (Å²) in [5.41, 5.74) is 0.958. The monoisotopic (exact) mass is 369 g/mol. The molecule has 25 heavy (non-hydrogen) atoms. The molecule has 140 valence electrons. The van der Waals surface area contributed by atoms with E-state index in [0.717, 1.165) is 44.8 Å². The van der Waals surface area contributed by atoms with Crippen LogP contribution >= 0.6 is 12.4 Å². The average molecular weight is 370 g/mol. The van der Waals surface area contributed by atoms with E-state index in [1.165, 1.54) is 6.42 Å². The summed E-state index contributed by atoms with van der Waals surface area (Å²) in [6.07, 6.45) is 1.63. The second-order valence-electron chi connectivity index (χ2n) is 6.43. The summed E-state index contributed by atoms with van der Waals surface area (Å²) >= 11 is 0. The smallest absolute Gasteiger partial charge is 0.227 e. The fourth-order valence-electron chi connectivity index (χ4n) is 3.56. The highest BCUT2D eigenvalue weighted by atomic mass is 35.5. The van der Waals surface area contributed by atoms with Crippen LogP contribution in [0.1, 0.15) is 12.0 Å². The topological polar surface area (TPSA) is 54.0 Å². The second kappa shape index (κ2) is 9.27. The Kier molecular flexibility index (Phi) is 7.35. The first kappa shape index (κ1) is 19.8. The van der Waals surface area contributed by atoms with Crippen LogP contribution in [0.25, 0.3) is 0 Å². The molecule has 0 aromatic heterocycles. The van der Waals surface area contributed by atoms with Gasteiger partial charge < -0.3 is 19.7 Å². The molecule has 2 aliphatic rings. The van der Waals surface area contributed by atoms with Crippen molar-refractivity contribution in [3.8, 4) is 11.5 Å². The van der Waals surface area contributed by atoms with E-state index in [0.29, 0.717) is 24.0 Å². The number of ether oxygens (including phenoxy) is 2. The zero-order chi connectivity index (χ0) is 16.9. The summed E-state index contributed by atoms with van der Waals surface area (Å²) in [5.74, 6) is 1.54. The van der Waals surface area contributed by atoms with Gasteiger partial charge in [-0.2, -0.15) is 0 Å². The predicted octanol–water partition coefficient (Wildman–Crippen LogP) is 1.17. The first-order valence-corrected chi connectivity index (χ1v) is 8.64. The first-order chi connectivity index (χ1) is 11.7. The molecule has 2 fully saturated rings. The van der Waals surface area contributed by atoms with Crippen molar-refractivity contribution in [2.75, 3.05) is 53.5 Å². The van der Waals surface area contributed by atoms with E-state index in [4.69, 9.17) is 9.47 Å². The predicted molar refractivity (Wildman–Crippen MR) is 99.9 cm³/mol.